The van der Waals surface area contributed by atoms with Gasteiger partial charge in [0.2, 0.25) is 0 Å². The maximum Gasteiger partial charge on any atom is 0.179 e. The number of rotatable bonds is 4. The Hall–Kier alpha value is -0.710. The van der Waals surface area contributed by atoms with E-state index in [0.29, 0.717) is 6.04 Å². The molecule has 1 aliphatic heterocycles. The van der Waals surface area contributed by atoms with Crippen LogP contribution in [0.5, 0.6) is 0 Å². The number of halogens is 1. The first-order valence-corrected chi connectivity index (χ1v) is 8.06. The molecule has 1 aromatic rings. The third-order valence-electron chi connectivity index (χ3n) is 4.34. The molecule has 1 heterocycles. The van der Waals surface area contributed by atoms with Gasteiger partial charge in [0.05, 0.1) is 6.04 Å². The highest BCUT2D eigenvalue weighted by Gasteiger charge is 2.29. The van der Waals surface area contributed by atoms with Crippen LogP contribution in [0.4, 0.5) is 0 Å². The summed E-state index contributed by atoms with van der Waals surface area (Å²) >= 11 is 3.40. The Bertz CT molecular complexity index is 460. The first-order chi connectivity index (χ1) is 9.52. The van der Waals surface area contributed by atoms with E-state index in [2.05, 4.69) is 39.7 Å². The van der Waals surface area contributed by atoms with Gasteiger partial charge in [-0.05, 0) is 32.5 Å². The van der Waals surface area contributed by atoms with Crippen molar-refractivity contribution in [2.75, 3.05) is 26.7 Å². The van der Waals surface area contributed by atoms with Gasteiger partial charge >= 0.3 is 0 Å². The molecule has 1 aliphatic rings. The summed E-state index contributed by atoms with van der Waals surface area (Å²) in [5, 5.41) is 0. The summed E-state index contributed by atoms with van der Waals surface area (Å²) < 4.78 is 1.01. The summed E-state index contributed by atoms with van der Waals surface area (Å²) in [5.41, 5.74) is 0.799. The number of carbonyl (C=O) groups is 1. The van der Waals surface area contributed by atoms with Gasteiger partial charge in [-0.3, -0.25) is 9.69 Å². The summed E-state index contributed by atoms with van der Waals surface area (Å²) in [7, 11) is 2.17. The fourth-order valence-electron chi connectivity index (χ4n) is 2.78. The molecule has 20 heavy (non-hydrogen) atoms. The lowest BCUT2D eigenvalue weighted by molar-refractivity contribution is 0.0553. The average Bonchev–Trinajstić information content (AvgIpc) is 2.47. The van der Waals surface area contributed by atoms with Crippen molar-refractivity contribution in [3.05, 3.63) is 34.3 Å². The minimum atomic E-state index is -0.0427. The Morgan fingerprint density at radius 1 is 1.35 bits per heavy atom. The lowest BCUT2D eigenvalue weighted by Crippen LogP contribution is -2.55. The molecular formula is C16H23BrN2O. The summed E-state index contributed by atoms with van der Waals surface area (Å²) in [4.78, 5) is 17.3. The van der Waals surface area contributed by atoms with E-state index in [4.69, 9.17) is 0 Å². The van der Waals surface area contributed by atoms with Crippen LogP contribution in [0.1, 0.15) is 30.6 Å². The molecule has 110 valence electrons. The van der Waals surface area contributed by atoms with Crippen LogP contribution >= 0.6 is 15.9 Å². The Morgan fingerprint density at radius 2 is 2.00 bits per heavy atom. The Labute approximate surface area is 130 Å². The van der Waals surface area contributed by atoms with Gasteiger partial charge in [0.15, 0.2) is 5.78 Å². The van der Waals surface area contributed by atoms with Crippen LogP contribution in [0, 0.1) is 0 Å². The van der Waals surface area contributed by atoms with E-state index in [0.717, 1.165) is 36.1 Å². The summed E-state index contributed by atoms with van der Waals surface area (Å²) in [6.07, 6.45) is 1.13. The molecule has 0 bridgehead atoms. The molecule has 0 aliphatic carbocycles. The van der Waals surface area contributed by atoms with Gasteiger partial charge in [-0.2, -0.15) is 0 Å². The normalized spacial score (nSPS) is 22.7. The van der Waals surface area contributed by atoms with Crippen LogP contribution in [0.2, 0.25) is 0 Å². The zero-order valence-electron chi connectivity index (χ0n) is 12.5. The van der Waals surface area contributed by atoms with Crippen LogP contribution < -0.4 is 0 Å². The molecule has 0 saturated carbocycles. The highest BCUT2D eigenvalue weighted by molar-refractivity contribution is 9.10. The molecule has 2 atom stereocenters. The summed E-state index contributed by atoms with van der Waals surface area (Å²) in [6, 6.07) is 8.17. The minimum Gasteiger partial charge on any atom is -0.301 e. The van der Waals surface area contributed by atoms with E-state index in [1.807, 2.05) is 31.2 Å². The molecule has 0 amide bonds. The van der Waals surface area contributed by atoms with Crippen LogP contribution in [0.25, 0.3) is 0 Å². The van der Waals surface area contributed by atoms with Gasteiger partial charge in [0.25, 0.3) is 0 Å². The highest BCUT2D eigenvalue weighted by atomic mass is 79.9. The molecule has 1 aromatic carbocycles. The molecule has 1 saturated heterocycles. The van der Waals surface area contributed by atoms with Crippen LogP contribution in [-0.4, -0.2) is 54.3 Å². The van der Waals surface area contributed by atoms with Gasteiger partial charge in [-0.25, -0.2) is 0 Å². The number of Topliss-reactive ketones (excluding diaryl/α,β-unsaturated/α-hetero) is 1. The minimum absolute atomic E-state index is 0.0427. The van der Waals surface area contributed by atoms with Gasteiger partial charge in [-0.1, -0.05) is 35.0 Å². The smallest absolute Gasteiger partial charge is 0.179 e. The van der Waals surface area contributed by atoms with Crippen molar-refractivity contribution in [2.24, 2.45) is 0 Å². The largest absolute Gasteiger partial charge is 0.301 e. The summed E-state index contributed by atoms with van der Waals surface area (Å²) in [5.74, 6) is 0.219. The van der Waals surface area contributed by atoms with E-state index >= 15 is 0 Å². The number of benzene rings is 1. The van der Waals surface area contributed by atoms with Crippen LogP contribution in [0.15, 0.2) is 28.7 Å². The Kier molecular flexibility index (Phi) is 5.35. The molecular weight excluding hydrogens is 316 g/mol. The van der Waals surface area contributed by atoms with Gasteiger partial charge in [0.1, 0.15) is 0 Å². The van der Waals surface area contributed by atoms with Crippen molar-refractivity contribution in [2.45, 2.75) is 32.4 Å². The van der Waals surface area contributed by atoms with Crippen molar-refractivity contribution in [1.82, 2.24) is 9.80 Å². The van der Waals surface area contributed by atoms with E-state index in [1.165, 1.54) is 0 Å². The zero-order chi connectivity index (χ0) is 14.7. The third kappa shape index (κ3) is 3.48. The van der Waals surface area contributed by atoms with E-state index < -0.39 is 0 Å². The predicted octanol–water partition coefficient (Wildman–Crippen LogP) is 3.05. The van der Waals surface area contributed by atoms with E-state index in [1.54, 1.807) is 0 Å². The maximum absolute atomic E-state index is 12.6. The number of hydrogen-bond donors (Lipinski definition) is 0. The van der Waals surface area contributed by atoms with Gasteiger partial charge in [-0.15, -0.1) is 0 Å². The standard InChI is InChI=1S/C16H23BrN2O/c1-4-15-11-19(10-9-18(15)3)12(2)16(20)13-5-7-14(17)8-6-13/h5-8,12,15H,4,9-11H2,1-3H3. The second-order valence-corrected chi connectivity index (χ2v) is 6.50. The van der Waals surface area contributed by atoms with Crippen LogP contribution in [0.3, 0.4) is 0 Å². The fraction of sp³-hybridized carbons (Fsp3) is 0.562. The predicted molar refractivity (Wildman–Crippen MR) is 86.2 cm³/mol. The van der Waals surface area contributed by atoms with Crippen molar-refractivity contribution < 1.29 is 4.79 Å². The van der Waals surface area contributed by atoms with E-state index in [-0.39, 0.29) is 11.8 Å². The quantitative estimate of drug-likeness (QED) is 0.788. The molecule has 3 nitrogen and oxygen atoms in total. The number of hydrogen-bond acceptors (Lipinski definition) is 3. The first kappa shape index (κ1) is 15.7. The van der Waals surface area contributed by atoms with Gasteiger partial charge < -0.3 is 4.90 Å². The van der Waals surface area contributed by atoms with Gasteiger partial charge in [0, 0.05) is 35.7 Å². The topological polar surface area (TPSA) is 23.6 Å². The fourth-order valence-corrected chi connectivity index (χ4v) is 3.05. The maximum atomic E-state index is 12.6. The molecule has 0 N–H and O–H groups in total. The highest BCUT2D eigenvalue weighted by Crippen LogP contribution is 2.17. The average molecular weight is 339 g/mol. The van der Waals surface area contributed by atoms with Crippen molar-refractivity contribution >= 4 is 21.7 Å². The Morgan fingerprint density at radius 3 is 2.60 bits per heavy atom. The second kappa shape index (κ2) is 6.83. The van der Waals surface area contributed by atoms with Crippen molar-refractivity contribution in [3.8, 4) is 0 Å². The molecule has 0 aromatic heterocycles. The number of carbonyl (C=O) groups excluding carboxylic acids is 1. The first-order valence-electron chi connectivity index (χ1n) is 7.27. The van der Waals surface area contributed by atoms with Crippen molar-refractivity contribution in [3.63, 3.8) is 0 Å². The molecule has 0 radical (unpaired) electrons. The number of likely N-dealkylation sites (N-methyl/N-ethyl adjacent to an activating group) is 1. The van der Waals surface area contributed by atoms with E-state index in [9.17, 15) is 4.79 Å². The lowest BCUT2D eigenvalue weighted by Gasteiger charge is -2.41. The number of nitrogens with zero attached hydrogens (tertiary/aromatic N) is 2. The molecule has 0 spiro atoms. The molecule has 1 fully saturated rings. The molecule has 2 rings (SSSR count). The monoisotopic (exact) mass is 338 g/mol. The molecule has 2 unspecified atom stereocenters. The molecule has 4 heteroatoms. The third-order valence-corrected chi connectivity index (χ3v) is 4.86. The zero-order valence-corrected chi connectivity index (χ0v) is 14.1. The van der Waals surface area contributed by atoms with Crippen molar-refractivity contribution in [1.29, 1.82) is 0 Å². The SMILES string of the molecule is CCC1CN(C(C)C(=O)c2ccc(Br)cc2)CCN1C. The second-order valence-electron chi connectivity index (χ2n) is 5.58. The number of ketones is 1. The summed E-state index contributed by atoms with van der Waals surface area (Å²) in [6.45, 7) is 7.23. The number of piperazine rings is 1. The lowest BCUT2D eigenvalue weighted by atomic mass is 10.0. The van der Waals surface area contributed by atoms with Crippen LogP contribution in [-0.2, 0) is 0 Å². The Balaban J connectivity index is 2.05.